The number of aliphatic hydroxyl groups is 1. The highest BCUT2D eigenvalue weighted by atomic mass is 16.3. The smallest absolute Gasteiger partial charge is 0.158 e. The normalized spacial score (nSPS) is 29.3. The van der Waals surface area contributed by atoms with E-state index in [1.165, 1.54) is 6.92 Å². The van der Waals surface area contributed by atoms with Crippen LogP contribution in [-0.4, -0.2) is 16.5 Å². The van der Waals surface area contributed by atoms with Crippen molar-refractivity contribution in [3.63, 3.8) is 0 Å². The van der Waals surface area contributed by atoms with Crippen molar-refractivity contribution in [2.45, 2.75) is 37.7 Å². The van der Waals surface area contributed by atoms with Gasteiger partial charge in [-0.15, -0.1) is 0 Å². The van der Waals surface area contributed by atoms with Crippen molar-refractivity contribution in [1.29, 1.82) is 10.5 Å². The van der Waals surface area contributed by atoms with Crippen molar-refractivity contribution in [2.75, 3.05) is 0 Å². The van der Waals surface area contributed by atoms with E-state index < -0.39 is 28.8 Å². The number of benzene rings is 2. The first kappa shape index (κ1) is 18.8. The van der Waals surface area contributed by atoms with E-state index >= 15 is 0 Å². The fourth-order valence-corrected chi connectivity index (χ4v) is 4.71. The maximum Gasteiger partial charge on any atom is 0.158 e. The van der Waals surface area contributed by atoms with Gasteiger partial charge in [0.1, 0.15) is 5.78 Å². The minimum absolute atomic E-state index is 0.172. The molecule has 0 spiro atoms. The number of hydrogen-bond donors (Lipinski definition) is 1. The molecule has 0 aliphatic heterocycles. The highest BCUT2D eigenvalue weighted by Crippen LogP contribution is 2.59. The lowest BCUT2D eigenvalue weighted by Crippen LogP contribution is -2.55. The van der Waals surface area contributed by atoms with Crippen LogP contribution in [0, 0.1) is 34.0 Å². The van der Waals surface area contributed by atoms with Gasteiger partial charge in [-0.2, -0.15) is 10.5 Å². The van der Waals surface area contributed by atoms with Gasteiger partial charge in [0.25, 0.3) is 0 Å². The van der Waals surface area contributed by atoms with Gasteiger partial charge >= 0.3 is 0 Å². The number of rotatable bonds is 3. The standard InChI is InChI=1S/C23H22N2O2/c1-16(26)20-21(18-11-7-4-8-12-18)23(14-24,15-25)19(13-22(20,2)27)17-9-5-3-6-10-17/h3-12,19-21,27H,13H2,1-2H3/t19-,20+,21-,22+/m0/s1. The molecule has 0 aromatic heterocycles. The topological polar surface area (TPSA) is 84.9 Å². The van der Waals surface area contributed by atoms with Crippen molar-refractivity contribution in [3.8, 4) is 12.1 Å². The summed E-state index contributed by atoms with van der Waals surface area (Å²) >= 11 is 0. The van der Waals surface area contributed by atoms with Crippen LogP contribution >= 0.6 is 0 Å². The largest absolute Gasteiger partial charge is 0.389 e. The number of Topliss-reactive ketones (excluding diaryl/α,β-unsaturated/α-hetero) is 1. The summed E-state index contributed by atoms with van der Waals surface area (Å²) in [5, 5.41) is 31.7. The van der Waals surface area contributed by atoms with E-state index in [1.807, 2.05) is 60.7 Å². The number of nitriles is 2. The highest BCUT2D eigenvalue weighted by Gasteiger charge is 2.61. The Morgan fingerprint density at radius 2 is 1.48 bits per heavy atom. The monoisotopic (exact) mass is 358 g/mol. The zero-order valence-corrected chi connectivity index (χ0v) is 15.5. The molecule has 0 heterocycles. The molecule has 0 radical (unpaired) electrons. The molecule has 1 aliphatic rings. The lowest BCUT2D eigenvalue weighted by atomic mass is 9.49. The van der Waals surface area contributed by atoms with Crippen molar-refractivity contribution in [1.82, 2.24) is 0 Å². The van der Waals surface area contributed by atoms with Crippen molar-refractivity contribution in [2.24, 2.45) is 11.3 Å². The van der Waals surface area contributed by atoms with Crippen LogP contribution in [0.15, 0.2) is 60.7 Å². The van der Waals surface area contributed by atoms with Crippen molar-refractivity contribution in [3.05, 3.63) is 71.8 Å². The van der Waals surface area contributed by atoms with Gasteiger partial charge in [0.05, 0.1) is 23.7 Å². The Morgan fingerprint density at radius 1 is 1.00 bits per heavy atom. The first-order chi connectivity index (χ1) is 12.9. The van der Waals surface area contributed by atoms with Crippen LogP contribution in [0.1, 0.15) is 43.2 Å². The van der Waals surface area contributed by atoms with Crippen molar-refractivity contribution >= 4 is 5.78 Å². The third-order valence-electron chi connectivity index (χ3n) is 5.83. The van der Waals surface area contributed by atoms with Gasteiger partial charge in [-0.3, -0.25) is 4.79 Å². The third-order valence-corrected chi connectivity index (χ3v) is 5.83. The lowest BCUT2D eigenvalue weighted by Gasteiger charge is -2.51. The van der Waals surface area contributed by atoms with E-state index in [1.54, 1.807) is 6.92 Å². The summed E-state index contributed by atoms with van der Waals surface area (Å²) in [6.45, 7) is 3.07. The second kappa shape index (κ2) is 6.99. The average molecular weight is 358 g/mol. The van der Waals surface area contributed by atoms with Crippen LogP contribution < -0.4 is 0 Å². The van der Waals surface area contributed by atoms with E-state index in [0.717, 1.165) is 11.1 Å². The number of carbonyl (C=O) groups excluding carboxylic acids is 1. The molecule has 2 aromatic rings. The summed E-state index contributed by atoms with van der Waals surface area (Å²) in [5.41, 5.74) is -1.24. The quantitative estimate of drug-likeness (QED) is 0.900. The fraction of sp³-hybridized carbons (Fsp3) is 0.348. The van der Waals surface area contributed by atoms with E-state index in [0.29, 0.717) is 0 Å². The molecule has 27 heavy (non-hydrogen) atoms. The second-order valence-electron chi connectivity index (χ2n) is 7.59. The Bertz CT molecular complexity index is 893. The Hall–Kier alpha value is -2.95. The molecule has 4 heteroatoms. The minimum Gasteiger partial charge on any atom is -0.389 e. The maximum absolute atomic E-state index is 12.6. The molecule has 1 saturated carbocycles. The van der Waals surface area contributed by atoms with Gasteiger partial charge in [0.2, 0.25) is 0 Å². The highest BCUT2D eigenvalue weighted by molar-refractivity contribution is 5.81. The van der Waals surface area contributed by atoms with Crippen LogP contribution in [0.25, 0.3) is 0 Å². The number of nitrogens with zero attached hydrogens (tertiary/aromatic N) is 2. The molecule has 0 amide bonds. The Kier molecular flexibility index (Phi) is 4.87. The zero-order valence-electron chi connectivity index (χ0n) is 15.5. The van der Waals surface area contributed by atoms with Gasteiger partial charge < -0.3 is 5.11 Å². The Morgan fingerprint density at radius 3 is 1.93 bits per heavy atom. The fourth-order valence-electron chi connectivity index (χ4n) is 4.71. The first-order valence-corrected chi connectivity index (χ1v) is 9.02. The van der Waals surface area contributed by atoms with Crippen LogP contribution in [-0.2, 0) is 4.79 Å². The van der Waals surface area contributed by atoms with Crippen LogP contribution in [0.5, 0.6) is 0 Å². The number of hydrogen-bond acceptors (Lipinski definition) is 4. The summed E-state index contributed by atoms with van der Waals surface area (Å²) in [5.74, 6) is -2.28. The Balaban J connectivity index is 2.30. The summed E-state index contributed by atoms with van der Waals surface area (Å²) in [4.78, 5) is 12.6. The van der Waals surface area contributed by atoms with Crippen LogP contribution in [0.4, 0.5) is 0 Å². The van der Waals surface area contributed by atoms with Gasteiger partial charge in [-0.1, -0.05) is 60.7 Å². The van der Waals surface area contributed by atoms with Gasteiger partial charge in [-0.25, -0.2) is 0 Å². The minimum atomic E-state index is -1.46. The van der Waals surface area contributed by atoms with E-state index in [2.05, 4.69) is 12.1 Å². The molecule has 0 saturated heterocycles. The lowest BCUT2D eigenvalue weighted by molar-refractivity contribution is -0.139. The van der Waals surface area contributed by atoms with E-state index in [4.69, 9.17) is 0 Å². The first-order valence-electron chi connectivity index (χ1n) is 9.02. The molecule has 1 fully saturated rings. The molecule has 136 valence electrons. The molecule has 0 unspecified atom stereocenters. The summed E-state index contributed by atoms with van der Waals surface area (Å²) < 4.78 is 0. The molecule has 4 nitrogen and oxygen atoms in total. The summed E-state index contributed by atoms with van der Waals surface area (Å²) in [6, 6.07) is 23.0. The van der Waals surface area contributed by atoms with Crippen LogP contribution in [0.3, 0.4) is 0 Å². The molecule has 0 bridgehead atoms. The summed E-state index contributed by atoms with van der Waals surface area (Å²) in [7, 11) is 0. The zero-order chi connectivity index (χ0) is 19.7. The molecule has 4 atom stereocenters. The SMILES string of the molecule is CC(=O)[C@@H]1[C@H](c2ccccc2)C(C#N)(C#N)[C@H](c2ccccc2)C[C@@]1(C)O. The number of carbonyl (C=O) groups is 1. The van der Waals surface area contributed by atoms with Crippen molar-refractivity contribution < 1.29 is 9.90 Å². The molecule has 1 N–H and O–H groups in total. The van der Waals surface area contributed by atoms with E-state index in [-0.39, 0.29) is 12.2 Å². The average Bonchev–Trinajstić information content (AvgIpc) is 2.68. The molecular formula is C23H22N2O2. The van der Waals surface area contributed by atoms with Gasteiger partial charge in [-0.05, 0) is 31.4 Å². The molecule has 1 aliphatic carbocycles. The summed E-state index contributed by atoms with van der Waals surface area (Å²) in [6.07, 6.45) is 0.172. The predicted molar refractivity (Wildman–Crippen MR) is 101 cm³/mol. The Labute approximate surface area is 159 Å². The molecular weight excluding hydrogens is 336 g/mol. The van der Waals surface area contributed by atoms with Gasteiger partial charge in [0.15, 0.2) is 5.41 Å². The maximum atomic E-state index is 12.6. The predicted octanol–water partition coefficient (Wildman–Crippen LogP) is 3.95. The third kappa shape index (κ3) is 3.03. The molecule has 3 rings (SSSR count). The number of ketones is 1. The van der Waals surface area contributed by atoms with Crippen LogP contribution in [0.2, 0.25) is 0 Å². The van der Waals surface area contributed by atoms with E-state index in [9.17, 15) is 20.4 Å². The molecule has 2 aromatic carbocycles. The second-order valence-corrected chi connectivity index (χ2v) is 7.59. The van der Waals surface area contributed by atoms with Gasteiger partial charge in [0, 0.05) is 11.8 Å².